The lowest BCUT2D eigenvalue weighted by Gasteiger charge is -2.07. The van der Waals surface area contributed by atoms with Gasteiger partial charge in [0.25, 0.3) is 5.56 Å². The maximum absolute atomic E-state index is 12.2. The maximum Gasteiger partial charge on any atom is 0.262 e. The standard InChI is InChI=1S/C16H15N3O2/c20-16-14-7-4-8-17-15(14)18-12-19(16)9-10-21-11-13-5-2-1-3-6-13/h1-8,12H,9-11H2. The van der Waals surface area contributed by atoms with Crippen LogP contribution in [-0.4, -0.2) is 21.1 Å². The van der Waals surface area contributed by atoms with Gasteiger partial charge in [-0.05, 0) is 17.7 Å². The van der Waals surface area contributed by atoms with Gasteiger partial charge in [0.2, 0.25) is 0 Å². The van der Waals surface area contributed by atoms with E-state index in [1.54, 1.807) is 22.9 Å². The SMILES string of the molecule is O=c1c2cccnc2ncn1CCOCc1ccccc1. The van der Waals surface area contributed by atoms with Crippen LogP contribution in [0.5, 0.6) is 0 Å². The van der Waals surface area contributed by atoms with Crippen molar-refractivity contribution in [3.8, 4) is 0 Å². The van der Waals surface area contributed by atoms with E-state index in [0.717, 1.165) is 5.56 Å². The van der Waals surface area contributed by atoms with Gasteiger partial charge in [-0.3, -0.25) is 9.36 Å². The molecule has 0 unspecified atom stereocenters. The van der Waals surface area contributed by atoms with Gasteiger partial charge in [-0.15, -0.1) is 0 Å². The van der Waals surface area contributed by atoms with E-state index < -0.39 is 0 Å². The minimum absolute atomic E-state index is 0.0867. The number of fused-ring (bicyclic) bond motifs is 1. The molecule has 5 nitrogen and oxygen atoms in total. The molecular weight excluding hydrogens is 266 g/mol. The van der Waals surface area contributed by atoms with E-state index in [1.807, 2.05) is 30.3 Å². The highest BCUT2D eigenvalue weighted by Gasteiger charge is 2.03. The molecule has 2 aromatic heterocycles. The number of ether oxygens (including phenoxy) is 1. The van der Waals surface area contributed by atoms with Crippen LogP contribution in [0.25, 0.3) is 11.0 Å². The van der Waals surface area contributed by atoms with Crippen LogP contribution in [0.3, 0.4) is 0 Å². The van der Waals surface area contributed by atoms with Crippen LogP contribution in [0.2, 0.25) is 0 Å². The smallest absolute Gasteiger partial charge is 0.262 e. The fourth-order valence-corrected chi connectivity index (χ4v) is 2.08. The zero-order valence-corrected chi connectivity index (χ0v) is 11.5. The highest BCUT2D eigenvalue weighted by molar-refractivity contribution is 5.72. The van der Waals surface area contributed by atoms with Crippen molar-refractivity contribution in [1.82, 2.24) is 14.5 Å². The summed E-state index contributed by atoms with van der Waals surface area (Å²) in [6, 6.07) is 13.4. The number of rotatable bonds is 5. The lowest BCUT2D eigenvalue weighted by Crippen LogP contribution is -2.23. The van der Waals surface area contributed by atoms with Gasteiger partial charge in [0.1, 0.15) is 6.33 Å². The molecule has 0 atom stereocenters. The molecule has 0 amide bonds. The van der Waals surface area contributed by atoms with Crippen molar-refractivity contribution in [3.05, 3.63) is 70.9 Å². The average molecular weight is 281 g/mol. The minimum Gasteiger partial charge on any atom is -0.375 e. The first kappa shape index (κ1) is 13.5. The molecule has 0 saturated heterocycles. The predicted octanol–water partition coefficient (Wildman–Crippen LogP) is 2.01. The van der Waals surface area contributed by atoms with E-state index in [9.17, 15) is 4.79 Å². The Bertz CT molecular complexity index is 784. The quantitative estimate of drug-likeness (QED) is 0.671. The molecule has 21 heavy (non-hydrogen) atoms. The summed E-state index contributed by atoms with van der Waals surface area (Å²) in [4.78, 5) is 20.5. The van der Waals surface area contributed by atoms with E-state index in [1.165, 1.54) is 6.33 Å². The molecule has 106 valence electrons. The number of benzene rings is 1. The Balaban J connectivity index is 1.63. The lowest BCUT2D eigenvalue weighted by molar-refractivity contribution is 0.112. The van der Waals surface area contributed by atoms with Crippen molar-refractivity contribution in [2.45, 2.75) is 13.2 Å². The van der Waals surface area contributed by atoms with Crippen LogP contribution < -0.4 is 5.56 Å². The molecule has 2 heterocycles. The van der Waals surface area contributed by atoms with Crippen LogP contribution in [-0.2, 0) is 17.9 Å². The molecule has 3 aromatic rings. The molecule has 0 fully saturated rings. The number of pyridine rings is 1. The Morgan fingerprint density at radius 3 is 2.76 bits per heavy atom. The maximum atomic E-state index is 12.2. The van der Waals surface area contributed by atoms with Crippen LogP contribution in [0.1, 0.15) is 5.56 Å². The van der Waals surface area contributed by atoms with Crippen molar-refractivity contribution in [1.29, 1.82) is 0 Å². The van der Waals surface area contributed by atoms with Gasteiger partial charge in [-0.25, -0.2) is 9.97 Å². The summed E-state index contributed by atoms with van der Waals surface area (Å²) in [5.41, 5.74) is 1.51. The van der Waals surface area contributed by atoms with Crippen molar-refractivity contribution in [2.24, 2.45) is 0 Å². The monoisotopic (exact) mass is 281 g/mol. The number of hydrogen-bond donors (Lipinski definition) is 0. The number of hydrogen-bond acceptors (Lipinski definition) is 4. The van der Waals surface area contributed by atoms with E-state index in [2.05, 4.69) is 9.97 Å². The van der Waals surface area contributed by atoms with Crippen molar-refractivity contribution >= 4 is 11.0 Å². The second-order valence-electron chi connectivity index (χ2n) is 4.66. The Kier molecular flexibility index (Phi) is 4.02. The molecular formula is C16H15N3O2. The first-order valence-corrected chi connectivity index (χ1v) is 6.76. The van der Waals surface area contributed by atoms with Gasteiger partial charge in [0.05, 0.1) is 25.1 Å². The summed E-state index contributed by atoms with van der Waals surface area (Å²) in [5.74, 6) is 0. The molecule has 0 radical (unpaired) electrons. The molecule has 3 rings (SSSR count). The fraction of sp³-hybridized carbons (Fsp3) is 0.188. The normalized spacial score (nSPS) is 10.9. The molecule has 1 aromatic carbocycles. The molecule has 0 aliphatic rings. The summed E-state index contributed by atoms with van der Waals surface area (Å²) in [5, 5.41) is 0.531. The van der Waals surface area contributed by atoms with Gasteiger partial charge in [-0.1, -0.05) is 30.3 Å². The predicted molar refractivity (Wildman–Crippen MR) is 79.9 cm³/mol. The third kappa shape index (κ3) is 3.14. The molecule has 0 bridgehead atoms. The molecule has 0 N–H and O–H groups in total. The van der Waals surface area contributed by atoms with Crippen molar-refractivity contribution in [3.63, 3.8) is 0 Å². The van der Waals surface area contributed by atoms with Gasteiger partial charge in [0, 0.05) is 6.20 Å². The molecule has 5 heteroatoms. The van der Waals surface area contributed by atoms with Gasteiger partial charge in [0.15, 0.2) is 5.65 Å². The van der Waals surface area contributed by atoms with Gasteiger partial charge >= 0.3 is 0 Å². The van der Waals surface area contributed by atoms with E-state index >= 15 is 0 Å². The highest BCUT2D eigenvalue weighted by atomic mass is 16.5. The van der Waals surface area contributed by atoms with E-state index in [0.29, 0.717) is 30.8 Å². The molecule has 0 aliphatic carbocycles. The summed E-state index contributed by atoms with van der Waals surface area (Å²) in [6.45, 7) is 1.48. The van der Waals surface area contributed by atoms with Crippen molar-refractivity contribution in [2.75, 3.05) is 6.61 Å². The van der Waals surface area contributed by atoms with E-state index in [4.69, 9.17) is 4.74 Å². The number of aromatic nitrogens is 3. The average Bonchev–Trinajstić information content (AvgIpc) is 2.55. The molecule has 0 spiro atoms. The lowest BCUT2D eigenvalue weighted by atomic mass is 10.2. The zero-order valence-electron chi connectivity index (χ0n) is 11.5. The highest BCUT2D eigenvalue weighted by Crippen LogP contribution is 2.02. The minimum atomic E-state index is -0.0867. The number of nitrogens with zero attached hydrogens (tertiary/aromatic N) is 3. The molecule has 0 saturated carbocycles. The van der Waals surface area contributed by atoms with Gasteiger partial charge < -0.3 is 4.74 Å². The van der Waals surface area contributed by atoms with Crippen LogP contribution in [0, 0.1) is 0 Å². The van der Waals surface area contributed by atoms with Crippen molar-refractivity contribution < 1.29 is 4.74 Å². The molecule has 0 aliphatic heterocycles. The first-order valence-electron chi connectivity index (χ1n) is 6.76. The van der Waals surface area contributed by atoms with Gasteiger partial charge in [-0.2, -0.15) is 0 Å². The fourth-order valence-electron chi connectivity index (χ4n) is 2.08. The summed E-state index contributed by atoms with van der Waals surface area (Å²) in [6.07, 6.45) is 3.14. The van der Waals surface area contributed by atoms with Crippen LogP contribution in [0.4, 0.5) is 0 Å². The Morgan fingerprint density at radius 1 is 1.05 bits per heavy atom. The first-order chi connectivity index (χ1) is 10.3. The third-order valence-corrected chi connectivity index (χ3v) is 3.19. The zero-order chi connectivity index (χ0) is 14.5. The van der Waals surface area contributed by atoms with Crippen LogP contribution >= 0.6 is 0 Å². The largest absolute Gasteiger partial charge is 0.375 e. The third-order valence-electron chi connectivity index (χ3n) is 3.19. The summed E-state index contributed by atoms with van der Waals surface area (Å²) < 4.78 is 7.14. The Morgan fingerprint density at radius 2 is 1.90 bits per heavy atom. The Labute approximate surface area is 121 Å². The van der Waals surface area contributed by atoms with Crippen LogP contribution in [0.15, 0.2) is 59.8 Å². The summed E-state index contributed by atoms with van der Waals surface area (Å²) >= 11 is 0. The summed E-state index contributed by atoms with van der Waals surface area (Å²) in [7, 11) is 0. The second-order valence-corrected chi connectivity index (χ2v) is 4.66. The Hall–Kier alpha value is -2.53. The topological polar surface area (TPSA) is 57.0 Å². The van der Waals surface area contributed by atoms with E-state index in [-0.39, 0.29) is 5.56 Å². The second kappa shape index (κ2) is 6.28.